The summed E-state index contributed by atoms with van der Waals surface area (Å²) in [7, 11) is 4.70. The Bertz CT molecular complexity index is 685. The van der Waals surface area contributed by atoms with Gasteiger partial charge in [0.1, 0.15) is 5.82 Å². The molecule has 0 aliphatic carbocycles. The van der Waals surface area contributed by atoms with Crippen LogP contribution in [0.4, 0.5) is 11.8 Å². The average molecular weight is 366 g/mol. The second-order valence-corrected chi connectivity index (χ2v) is 5.38. The van der Waals surface area contributed by atoms with E-state index in [1.165, 1.54) is 6.92 Å². The van der Waals surface area contributed by atoms with E-state index in [1.54, 1.807) is 27.5 Å². The number of ether oxygens (including phenoxy) is 3. The maximum absolute atomic E-state index is 8.11. The number of nitrogens with two attached hydrogens (primary N) is 2. The second-order valence-electron chi connectivity index (χ2n) is 5.38. The zero-order valence-corrected chi connectivity index (χ0v) is 15.4. The lowest BCUT2D eigenvalue weighted by Gasteiger charge is -2.14. The third-order valence-electron chi connectivity index (χ3n) is 3.30. The maximum Gasteiger partial charge on any atom is 0.221 e. The van der Waals surface area contributed by atoms with Crippen molar-refractivity contribution in [2.24, 2.45) is 0 Å². The monoisotopic (exact) mass is 366 g/mol. The van der Waals surface area contributed by atoms with Crippen molar-refractivity contribution in [3.8, 4) is 17.2 Å². The lowest BCUT2D eigenvalue weighted by atomic mass is 10.1. The number of aliphatic hydroxyl groups excluding tert-OH is 2. The summed E-state index contributed by atoms with van der Waals surface area (Å²) in [6.45, 7) is 1.39. The summed E-state index contributed by atoms with van der Waals surface area (Å²) in [5.41, 5.74) is 13.1. The van der Waals surface area contributed by atoms with Crippen LogP contribution in [0, 0.1) is 0 Å². The van der Waals surface area contributed by atoms with Gasteiger partial charge >= 0.3 is 0 Å². The zero-order valence-electron chi connectivity index (χ0n) is 15.4. The van der Waals surface area contributed by atoms with E-state index < -0.39 is 6.10 Å². The van der Waals surface area contributed by atoms with Crippen LogP contribution in [0.1, 0.15) is 18.1 Å². The van der Waals surface area contributed by atoms with Crippen LogP contribution >= 0.6 is 0 Å². The second kappa shape index (κ2) is 10.3. The molecule has 26 heavy (non-hydrogen) atoms. The SMILES string of the molecule is CC(O)CO.COc1cc(Cc2cnc(N)nc2N)cc(OC)c1OC. The molecule has 9 nitrogen and oxygen atoms in total. The van der Waals surface area contributed by atoms with Gasteiger partial charge in [-0.05, 0) is 24.6 Å². The van der Waals surface area contributed by atoms with Gasteiger partial charge in [0, 0.05) is 18.2 Å². The summed E-state index contributed by atoms with van der Waals surface area (Å²) in [4.78, 5) is 7.90. The van der Waals surface area contributed by atoms with Gasteiger partial charge in [-0.1, -0.05) is 0 Å². The molecule has 6 N–H and O–H groups in total. The number of methoxy groups -OCH3 is 3. The molecule has 144 valence electrons. The first-order chi connectivity index (χ1) is 12.4. The minimum absolute atomic E-state index is 0.139. The lowest BCUT2D eigenvalue weighted by molar-refractivity contribution is 0.110. The Kier molecular flexibility index (Phi) is 8.40. The van der Waals surface area contributed by atoms with Crippen molar-refractivity contribution in [2.45, 2.75) is 19.4 Å². The number of aliphatic hydroxyl groups is 2. The van der Waals surface area contributed by atoms with Crippen molar-refractivity contribution in [3.05, 3.63) is 29.5 Å². The normalized spacial score (nSPS) is 11.2. The summed E-state index contributed by atoms with van der Waals surface area (Å²) in [5, 5.41) is 16.0. The standard InChI is InChI=1S/C14H18N4O3.C3H8O2/c1-19-10-5-8(6-11(20-2)12(10)21-3)4-9-7-17-14(16)18-13(9)15;1-3(5)2-4/h5-7H,4H2,1-3H3,(H4,15,16,17,18);3-5H,2H2,1H3. The van der Waals surface area contributed by atoms with E-state index in [9.17, 15) is 0 Å². The molecule has 2 rings (SSSR count). The molecule has 0 fully saturated rings. The number of nitrogen functional groups attached to an aromatic ring is 2. The summed E-state index contributed by atoms with van der Waals surface area (Å²) >= 11 is 0. The lowest BCUT2D eigenvalue weighted by Crippen LogP contribution is -2.04. The van der Waals surface area contributed by atoms with Crippen LogP contribution in [0.5, 0.6) is 17.2 Å². The molecule has 1 heterocycles. The van der Waals surface area contributed by atoms with Gasteiger partial charge in [0.05, 0.1) is 34.0 Å². The van der Waals surface area contributed by atoms with Crippen molar-refractivity contribution in [2.75, 3.05) is 39.4 Å². The Morgan fingerprint density at radius 1 is 1.08 bits per heavy atom. The van der Waals surface area contributed by atoms with Gasteiger partial charge in [-0.3, -0.25) is 0 Å². The number of hydrogen-bond acceptors (Lipinski definition) is 9. The summed E-state index contributed by atoms with van der Waals surface area (Å²) < 4.78 is 15.9. The highest BCUT2D eigenvalue weighted by Crippen LogP contribution is 2.38. The van der Waals surface area contributed by atoms with Crippen molar-refractivity contribution in [1.82, 2.24) is 9.97 Å². The third kappa shape index (κ3) is 5.94. The van der Waals surface area contributed by atoms with Crippen LogP contribution < -0.4 is 25.7 Å². The largest absolute Gasteiger partial charge is 0.493 e. The minimum Gasteiger partial charge on any atom is -0.493 e. The van der Waals surface area contributed by atoms with E-state index in [1.807, 2.05) is 12.1 Å². The molecule has 1 unspecified atom stereocenters. The van der Waals surface area contributed by atoms with E-state index in [0.29, 0.717) is 29.5 Å². The Balaban J connectivity index is 0.000000597. The summed E-state index contributed by atoms with van der Waals surface area (Å²) in [6, 6.07) is 3.72. The van der Waals surface area contributed by atoms with Crippen LogP contribution in [-0.4, -0.2) is 54.2 Å². The van der Waals surface area contributed by atoms with Crippen molar-refractivity contribution < 1.29 is 24.4 Å². The summed E-state index contributed by atoms with van der Waals surface area (Å²) in [6.07, 6.45) is 1.58. The Hall–Kier alpha value is -2.78. The molecule has 1 atom stereocenters. The minimum atomic E-state index is -0.560. The fraction of sp³-hybridized carbons (Fsp3) is 0.412. The smallest absolute Gasteiger partial charge is 0.221 e. The van der Waals surface area contributed by atoms with Crippen LogP contribution in [0.3, 0.4) is 0 Å². The molecule has 0 spiro atoms. The van der Waals surface area contributed by atoms with Gasteiger partial charge in [0.25, 0.3) is 0 Å². The van der Waals surface area contributed by atoms with Crippen molar-refractivity contribution >= 4 is 11.8 Å². The van der Waals surface area contributed by atoms with Gasteiger partial charge in [-0.25, -0.2) is 4.98 Å². The molecule has 2 aromatic rings. The molecule has 1 aromatic heterocycles. The van der Waals surface area contributed by atoms with Crippen molar-refractivity contribution in [3.63, 3.8) is 0 Å². The third-order valence-corrected chi connectivity index (χ3v) is 3.30. The van der Waals surface area contributed by atoms with E-state index in [-0.39, 0.29) is 12.6 Å². The molecule has 9 heteroatoms. The average Bonchev–Trinajstić information content (AvgIpc) is 2.63. The molecule has 0 radical (unpaired) electrons. The number of anilines is 2. The molecule has 0 aliphatic heterocycles. The van der Waals surface area contributed by atoms with E-state index in [4.69, 9.17) is 35.9 Å². The first-order valence-electron chi connectivity index (χ1n) is 7.80. The van der Waals surface area contributed by atoms with Gasteiger partial charge in [-0.15, -0.1) is 0 Å². The molecule has 1 aromatic carbocycles. The predicted molar refractivity (Wildman–Crippen MR) is 98.5 cm³/mol. The number of benzene rings is 1. The van der Waals surface area contributed by atoms with Crippen LogP contribution in [0.15, 0.2) is 18.3 Å². The topological polar surface area (TPSA) is 146 Å². The van der Waals surface area contributed by atoms with E-state index in [2.05, 4.69) is 9.97 Å². The first-order valence-corrected chi connectivity index (χ1v) is 7.80. The van der Waals surface area contributed by atoms with E-state index >= 15 is 0 Å². The highest BCUT2D eigenvalue weighted by molar-refractivity contribution is 5.55. The molecule has 0 saturated heterocycles. The van der Waals surface area contributed by atoms with Gasteiger partial charge in [0.15, 0.2) is 11.5 Å². The van der Waals surface area contributed by atoms with Gasteiger partial charge in [-0.2, -0.15) is 4.98 Å². The van der Waals surface area contributed by atoms with Gasteiger partial charge < -0.3 is 35.9 Å². The van der Waals surface area contributed by atoms with Crippen LogP contribution in [0.2, 0.25) is 0 Å². The fourth-order valence-corrected chi connectivity index (χ4v) is 2.03. The Labute approximate surface area is 152 Å². The number of hydrogen-bond donors (Lipinski definition) is 4. The molecule has 0 aliphatic rings. The number of nitrogens with zero attached hydrogens (tertiary/aromatic N) is 2. The van der Waals surface area contributed by atoms with E-state index in [0.717, 1.165) is 11.1 Å². The fourth-order valence-electron chi connectivity index (χ4n) is 2.03. The molecule has 0 amide bonds. The first kappa shape index (κ1) is 21.3. The highest BCUT2D eigenvalue weighted by Gasteiger charge is 2.14. The molecule has 0 bridgehead atoms. The number of aromatic nitrogens is 2. The predicted octanol–water partition coefficient (Wildman–Crippen LogP) is 0.617. The summed E-state index contributed by atoms with van der Waals surface area (Å²) in [5.74, 6) is 2.23. The number of rotatable bonds is 6. The van der Waals surface area contributed by atoms with Crippen LogP contribution in [0.25, 0.3) is 0 Å². The van der Waals surface area contributed by atoms with Gasteiger partial charge in [0.2, 0.25) is 11.7 Å². The molecular formula is C17H26N4O5. The molecule has 0 saturated carbocycles. The molecular weight excluding hydrogens is 340 g/mol. The van der Waals surface area contributed by atoms with Crippen molar-refractivity contribution in [1.29, 1.82) is 0 Å². The Morgan fingerprint density at radius 3 is 2.00 bits per heavy atom. The highest BCUT2D eigenvalue weighted by atomic mass is 16.5. The Morgan fingerprint density at radius 2 is 1.62 bits per heavy atom. The quantitative estimate of drug-likeness (QED) is 0.577. The zero-order chi connectivity index (χ0) is 19.7. The van der Waals surface area contributed by atoms with Crippen LogP contribution in [-0.2, 0) is 6.42 Å². The maximum atomic E-state index is 8.11.